The summed E-state index contributed by atoms with van der Waals surface area (Å²) in [7, 11) is 0. The second kappa shape index (κ2) is 5.38. The van der Waals surface area contributed by atoms with Crippen molar-refractivity contribution in [3.05, 3.63) is 32.7 Å². The Bertz CT molecular complexity index is 539. The third kappa shape index (κ3) is 2.81. The number of nitrogens with zero attached hydrogens (tertiary/aromatic N) is 1. The summed E-state index contributed by atoms with van der Waals surface area (Å²) in [4.78, 5) is 4.58. The summed E-state index contributed by atoms with van der Waals surface area (Å²) in [5.41, 5.74) is 7.85. The van der Waals surface area contributed by atoms with Gasteiger partial charge in [0, 0.05) is 15.1 Å². The van der Waals surface area contributed by atoms with Gasteiger partial charge < -0.3 is 5.73 Å². The van der Waals surface area contributed by atoms with Crippen molar-refractivity contribution < 1.29 is 0 Å². The Labute approximate surface area is 118 Å². The predicted molar refractivity (Wildman–Crippen MR) is 78.7 cm³/mol. The molecule has 0 aliphatic rings. The van der Waals surface area contributed by atoms with Crippen LogP contribution in [0.5, 0.6) is 0 Å². The number of nitrogen functional groups attached to an aromatic ring is 1. The van der Waals surface area contributed by atoms with Gasteiger partial charge in [0.1, 0.15) is 10.7 Å². The third-order valence-corrected chi connectivity index (χ3v) is 4.18. The zero-order chi connectivity index (χ0) is 12.4. The zero-order valence-electron chi connectivity index (χ0n) is 9.34. The van der Waals surface area contributed by atoms with Crippen molar-refractivity contribution in [2.24, 2.45) is 0 Å². The van der Waals surface area contributed by atoms with E-state index in [0.29, 0.717) is 5.02 Å². The largest absolute Gasteiger partial charge is 0.389 e. The number of nitrogens with two attached hydrogens (primary N) is 1. The molecule has 0 aliphatic heterocycles. The van der Waals surface area contributed by atoms with Gasteiger partial charge in [-0.3, -0.25) is 0 Å². The molecular formula is C12H12BrClN2S. The number of hydrogen-bond donors (Lipinski definition) is 1. The standard InChI is InChI=1S/C12H12BrClN2S/c1-2-3-10-16-11(12(15)17-10)8-5-4-7(14)6-9(8)13/h4-6H,2-3,15H2,1H3. The van der Waals surface area contributed by atoms with Crippen LogP contribution in [0.3, 0.4) is 0 Å². The SMILES string of the molecule is CCCc1nc(-c2ccc(Cl)cc2Br)c(N)s1. The smallest absolute Gasteiger partial charge is 0.114 e. The Morgan fingerprint density at radius 3 is 2.88 bits per heavy atom. The highest BCUT2D eigenvalue weighted by Crippen LogP contribution is 2.36. The first kappa shape index (κ1) is 12.9. The van der Waals surface area contributed by atoms with Crippen LogP contribution < -0.4 is 5.73 Å². The first-order valence-corrected chi connectivity index (χ1v) is 7.31. The van der Waals surface area contributed by atoms with Crippen LogP contribution in [0.1, 0.15) is 18.4 Å². The van der Waals surface area contributed by atoms with Crippen molar-refractivity contribution in [1.29, 1.82) is 0 Å². The van der Waals surface area contributed by atoms with Gasteiger partial charge in [-0.2, -0.15) is 0 Å². The molecule has 0 amide bonds. The highest BCUT2D eigenvalue weighted by atomic mass is 79.9. The molecule has 2 N–H and O–H groups in total. The maximum atomic E-state index is 6.01. The molecule has 2 aromatic rings. The Kier molecular flexibility index (Phi) is 4.07. The van der Waals surface area contributed by atoms with E-state index in [-0.39, 0.29) is 0 Å². The molecule has 5 heteroatoms. The monoisotopic (exact) mass is 330 g/mol. The van der Waals surface area contributed by atoms with Gasteiger partial charge in [0.15, 0.2) is 0 Å². The van der Waals surface area contributed by atoms with Crippen molar-refractivity contribution in [3.63, 3.8) is 0 Å². The zero-order valence-corrected chi connectivity index (χ0v) is 12.5. The summed E-state index contributed by atoms with van der Waals surface area (Å²) >= 11 is 11.0. The molecule has 17 heavy (non-hydrogen) atoms. The number of benzene rings is 1. The first-order valence-electron chi connectivity index (χ1n) is 5.32. The van der Waals surface area contributed by atoms with Gasteiger partial charge in [-0.1, -0.05) is 40.5 Å². The van der Waals surface area contributed by atoms with E-state index in [9.17, 15) is 0 Å². The molecule has 0 fully saturated rings. The molecule has 0 radical (unpaired) electrons. The molecule has 1 heterocycles. The molecule has 0 saturated carbocycles. The lowest BCUT2D eigenvalue weighted by atomic mass is 10.1. The van der Waals surface area contributed by atoms with Crippen LogP contribution in [-0.4, -0.2) is 4.98 Å². The summed E-state index contributed by atoms with van der Waals surface area (Å²) in [5.74, 6) is 0. The number of anilines is 1. The van der Waals surface area contributed by atoms with Crippen LogP contribution in [0.15, 0.2) is 22.7 Å². The summed E-state index contributed by atoms with van der Waals surface area (Å²) in [6, 6.07) is 5.64. The normalized spacial score (nSPS) is 10.8. The third-order valence-electron chi connectivity index (χ3n) is 2.35. The number of thiazole rings is 1. The average molecular weight is 332 g/mol. The molecule has 0 spiro atoms. The number of halogens is 2. The molecule has 0 unspecified atom stereocenters. The summed E-state index contributed by atoms with van der Waals surface area (Å²) in [6.07, 6.45) is 2.05. The minimum Gasteiger partial charge on any atom is -0.389 e. The molecule has 2 rings (SSSR count). The number of hydrogen-bond acceptors (Lipinski definition) is 3. The van der Waals surface area contributed by atoms with E-state index in [4.69, 9.17) is 17.3 Å². The minimum atomic E-state index is 0.697. The Morgan fingerprint density at radius 1 is 1.47 bits per heavy atom. The van der Waals surface area contributed by atoms with E-state index in [0.717, 1.165) is 38.6 Å². The quantitative estimate of drug-likeness (QED) is 0.880. The number of aryl methyl sites for hydroxylation is 1. The fraction of sp³-hybridized carbons (Fsp3) is 0.250. The van der Waals surface area contributed by atoms with Crippen LogP contribution in [-0.2, 0) is 6.42 Å². The minimum absolute atomic E-state index is 0.697. The van der Waals surface area contributed by atoms with Crippen LogP contribution in [0.4, 0.5) is 5.00 Å². The van der Waals surface area contributed by atoms with Gasteiger partial charge in [-0.25, -0.2) is 4.98 Å². The van der Waals surface area contributed by atoms with Gasteiger partial charge >= 0.3 is 0 Å². The average Bonchev–Trinajstić information content (AvgIpc) is 2.60. The van der Waals surface area contributed by atoms with E-state index in [1.54, 1.807) is 11.3 Å². The number of aromatic nitrogens is 1. The second-order valence-corrected chi connectivity index (χ2v) is 6.10. The van der Waals surface area contributed by atoms with E-state index in [1.807, 2.05) is 18.2 Å². The molecule has 0 aliphatic carbocycles. The van der Waals surface area contributed by atoms with Crippen LogP contribution in [0.25, 0.3) is 11.3 Å². The van der Waals surface area contributed by atoms with Crippen molar-refractivity contribution in [2.45, 2.75) is 19.8 Å². The maximum Gasteiger partial charge on any atom is 0.114 e. The lowest BCUT2D eigenvalue weighted by Crippen LogP contribution is -1.87. The first-order chi connectivity index (χ1) is 8.11. The van der Waals surface area contributed by atoms with Gasteiger partial charge in [0.25, 0.3) is 0 Å². The van der Waals surface area contributed by atoms with Gasteiger partial charge in [-0.05, 0) is 25.0 Å². The molecule has 0 atom stereocenters. The molecule has 90 valence electrons. The summed E-state index contributed by atoms with van der Waals surface area (Å²) in [5, 5.41) is 2.54. The topological polar surface area (TPSA) is 38.9 Å². The van der Waals surface area contributed by atoms with E-state index in [2.05, 4.69) is 27.8 Å². The molecule has 0 bridgehead atoms. The summed E-state index contributed by atoms with van der Waals surface area (Å²) in [6.45, 7) is 2.13. The highest BCUT2D eigenvalue weighted by molar-refractivity contribution is 9.10. The lowest BCUT2D eigenvalue weighted by Gasteiger charge is -2.02. The lowest BCUT2D eigenvalue weighted by molar-refractivity contribution is 0.910. The van der Waals surface area contributed by atoms with Gasteiger partial charge in [0.2, 0.25) is 0 Å². The van der Waals surface area contributed by atoms with Crippen molar-refractivity contribution in [3.8, 4) is 11.3 Å². The Hall–Kier alpha value is -0.580. The van der Waals surface area contributed by atoms with Crippen LogP contribution in [0, 0.1) is 0 Å². The summed E-state index contributed by atoms with van der Waals surface area (Å²) < 4.78 is 0.921. The van der Waals surface area contributed by atoms with E-state index < -0.39 is 0 Å². The number of rotatable bonds is 3. The van der Waals surface area contributed by atoms with Crippen LogP contribution in [0.2, 0.25) is 5.02 Å². The molecule has 1 aromatic carbocycles. The maximum absolute atomic E-state index is 6.01. The molecule has 0 saturated heterocycles. The van der Waals surface area contributed by atoms with E-state index >= 15 is 0 Å². The van der Waals surface area contributed by atoms with Crippen molar-refractivity contribution in [2.75, 3.05) is 5.73 Å². The van der Waals surface area contributed by atoms with Crippen molar-refractivity contribution in [1.82, 2.24) is 4.98 Å². The predicted octanol–water partition coefficient (Wildman–Crippen LogP) is 4.76. The van der Waals surface area contributed by atoms with Gasteiger partial charge in [-0.15, -0.1) is 11.3 Å². The Morgan fingerprint density at radius 2 is 2.24 bits per heavy atom. The molecule has 2 nitrogen and oxygen atoms in total. The van der Waals surface area contributed by atoms with Crippen LogP contribution >= 0.6 is 38.9 Å². The second-order valence-electron chi connectivity index (χ2n) is 3.69. The fourth-order valence-electron chi connectivity index (χ4n) is 1.57. The molecule has 1 aromatic heterocycles. The molecular weight excluding hydrogens is 320 g/mol. The fourth-order valence-corrected chi connectivity index (χ4v) is 3.39. The highest BCUT2D eigenvalue weighted by Gasteiger charge is 2.13. The van der Waals surface area contributed by atoms with E-state index in [1.165, 1.54) is 0 Å². The van der Waals surface area contributed by atoms with Crippen molar-refractivity contribution >= 4 is 43.9 Å². The Balaban J connectivity index is 2.45. The van der Waals surface area contributed by atoms with Gasteiger partial charge in [0.05, 0.1) is 5.01 Å².